The Morgan fingerprint density at radius 3 is 2.38 bits per heavy atom. The number of amides is 1. The predicted octanol–water partition coefficient (Wildman–Crippen LogP) is 2.79. The van der Waals surface area contributed by atoms with Gasteiger partial charge in [0.15, 0.2) is 0 Å². The van der Waals surface area contributed by atoms with Crippen molar-refractivity contribution in [1.82, 2.24) is 9.80 Å². The first-order chi connectivity index (χ1) is 12.3. The second-order valence-electron chi connectivity index (χ2n) is 7.63. The van der Waals surface area contributed by atoms with Crippen LogP contribution in [-0.4, -0.2) is 73.2 Å². The van der Waals surface area contributed by atoms with Crippen LogP contribution >= 0.6 is 11.6 Å². The van der Waals surface area contributed by atoms with Gasteiger partial charge in [0.2, 0.25) is 5.91 Å². The third kappa shape index (κ3) is 4.33. The van der Waals surface area contributed by atoms with Crippen LogP contribution in [0.15, 0.2) is 18.2 Å². The van der Waals surface area contributed by atoms with Gasteiger partial charge in [-0.3, -0.25) is 9.69 Å². The van der Waals surface area contributed by atoms with Gasteiger partial charge in [-0.05, 0) is 45.4 Å². The summed E-state index contributed by atoms with van der Waals surface area (Å²) in [5, 5.41) is 0.770. The Morgan fingerprint density at radius 1 is 1.15 bits per heavy atom. The molecule has 0 N–H and O–H groups in total. The molecule has 26 heavy (non-hydrogen) atoms. The Labute approximate surface area is 161 Å². The second-order valence-corrected chi connectivity index (χ2v) is 8.07. The highest BCUT2D eigenvalue weighted by Gasteiger charge is 2.32. The highest BCUT2D eigenvalue weighted by molar-refractivity contribution is 6.30. The topological polar surface area (TPSA) is 36.0 Å². The maximum absolute atomic E-state index is 12.9. The number of carbonyl (C=O) groups excluding carboxylic acids is 1. The summed E-state index contributed by atoms with van der Waals surface area (Å²) in [6, 6.07) is 5.95. The van der Waals surface area contributed by atoms with E-state index in [0.717, 1.165) is 31.2 Å². The molecule has 2 heterocycles. The van der Waals surface area contributed by atoms with Gasteiger partial charge in [-0.1, -0.05) is 17.7 Å². The van der Waals surface area contributed by atoms with E-state index in [2.05, 4.69) is 22.8 Å². The number of aryl methyl sites for hydroxylation is 1. The number of piperazine rings is 1. The fraction of sp³-hybridized carbons (Fsp3) is 0.650. The fourth-order valence-electron chi connectivity index (χ4n) is 4.05. The molecule has 144 valence electrons. The van der Waals surface area contributed by atoms with Crippen LogP contribution in [0.2, 0.25) is 5.02 Å². The summed E-state index contributed by atoms with van der Waals surface area (Å²) in [6.07, 6.45) is 0.218. The van der Waals surface area contributed by atoms with Crippen molar-refractivity contribution in [2.75, 3.05) is 44.2 Å². The number of ether oxygens (including phenoxy) is 1. The minimum Gasteiger partial charge on any atom is -0.372 e. The molecular formula is C20H30ClN3O2. The maximum Gasteiger partial charge on any atom is 0.239 e. The van der Waals surface area contributed by atoms with Gasteiger partial charge in [0.05, 0.1) is 18.2 Å². The summed E-state index contributed by atoms with van der Waals surface area (Å²) in [5.41, 5.74) is 2.44. The maximum atomic E-state index is 12.9. The van der Waals surface area contributed by atoms with Crippen LogP contribution in [0.1, 0.15) is 26.3 Å². The van der Waals surface area contributed by atoms with Crippen LogP contribution in [0.25, 0.3) is 0 Å². The van der Waals surface area contributed by atoms with E-state index in [1.165, 1.54) is 11.3 Å². The quantitative estimate of drug-likeness (QED) is 0.809. The van der Waals surface area contributed by atoms with Gasteiger partial charge in [-0.2, -0.15) is 0 Å². The SMILES string of the molecule is Cc1ccc(Cl)cc1N1CCN([C@H](C)C(=O)N2C[C@@H](C)O[C@@H](C)C2)CC1. The van der Waals surface area contributed by atoms with E-state index in [1.807, 2.05) is 37.8 Å². The number of anilines is 1. The molecule has 0 bridgehead atoms. The van der Waals surface area contributed by atoms with Crippen LogP contribution in [0.3, 0.4) is 0 Å². The van der Waals surface area contributed by atoms with Gasteiger partial charge >= 0.3 is 0 Å². The molecule has 5 nitrogen and oxygen atoms in total. The Kier molecular flexibility index (Phi) is 6.10. The normalized spacial score (nSPS) is 26.0. The van der Waals surface area contributed by atoms with Crippen molar-refractivity contribution in [3.05, 3.63) is 28.8 Å². The number of morpholine rings is 1. The molecule has 0 saturated carbocycles. The molecule has 0 aliphatic carbocycles. The molecule has 1 aromatic rings. The highest BCUT2D eigenvalue weighted by atomic mass is 35.5. The van der Waals surface area contributed by atoms with Crippen molar-refractivity contribution in [3.63, 3.8) is 0 Å². The molecule has 2 aliphatic heterocycles. The minimum atomic E-state index is -0.0879. The largest absolute Gasteiger partial charge is 0.372 e. The van der Waals surface area contributed by atoms with Crippen LogP contribution in [0.5, 0.6) is 0 Å². The number of halogens is 1. The van der Waals surface area contributed by atoms with Crippen LogP contribution in [0.4, 0.5) is 5.69 Å². The van der Waals surface area contributed by atoms with E-state index < -0.39 is 0 Å². The van der Waals surface area contributed by atoms with Crippen molar-refractivity contribution >= 4 is 23.2 Å². The van der Waals surface area contributed by atoms with Gasteiger partial charge in [0, 0.05) is 50.0 Å². The van der Waals surface area contributed by atoms with E-state index in [0.29, 0.717) is 13.1 Å². The number of hydrogen-bond acceptors (Lipinski definition) is 4. The lowest BCUT2D eigenvalue weighted by molar-refractivity contribution is -0.148. The van der Waals surface area contributed by atoms with Gasteiger partial charge in [-0.15, -0.1) is 0 Å². The van der Waals surface area contributed by atoms with Crippen molar-refractivity contribution in [1.29, 1.82) is 0 Å². The summed E-state index contributed by atoms with van der Waals surface area (Å²) in [4.78, 5) is 19.6. The lowest BCUT2D eigenvalue weighted by Gasteiger charge is -2.42. The van der Waals surface area contributed by atoms with Crippen molar-refractivity contribution in [3.8, 4) is 0 Å². The van der Waals surface area contributed by atoms with Crippen LogP contribution in [0, 0.1) is 6.92 Å². The Bertz CT molecular complexity index is 636. The van der Waals surface area contributed by atoms with Crippen molar-refractivity contribution in [2.45, 2.75) is 45.9 Å². The minimum absolute atomic E-state index is 0.0879. The summed E-state index contributed by atoms with van der Waals surface area (Å²) in [5.74, 6) is 0.222. The fourth-order valence-corrected chi connectivity index (χ4v) is 4.22. The first-order valence-corrected chi connectivity index (χ1v) is 9.92. The number of nitrogens with zero attached hydrogens (tertiary/aromatic N) is 3. The number of rotatable bonds is 3. The molecule has 2 aliphatic rings. The lowest BCUT2D eigenvalue weighted by Crippen LogP contribution is -2.57. The monoisotopic (exact) mass is 379 g/mol. The molecular weight excluding hydrogens is 350 g/mol. The van der Waals surface area contributed by atoms with Gasteiger partial charge in [-0.25, -0.2) is 0 Å². The van der Waals surface area contributed by atoms with Crippen molar-refractivity contribution < 1.29 is 9.53 Å². The zero-order chi connectivity index (χ0) is 18.8. The molecule has 2 fully saturated rings. The van der Waals surface area contributed by atoms with E-state index in [1.54, 1.807) is 0 Å². The smallest absolute Gasteiger partial charge is 0.239 e. The first kappa shape index (κ1) is 19.5. The van der Waals surface area contributed by atoms with Gasteiger partial charge < -0.3 is 14.5 Å². The number of hydrogen-bond donors (Lipinski definition) is 0. The van der Waals surface area contributed by atoms with Gasteiger partial charge in [0.25, 0.3) is 0 Å². The average Bonchev–Trinajstić information content (AvgIpc) is 2.62. The molecule has 2 saturated heterocycles. The summed E-state index contributed by atoms with van der Waals surface area (Å²) in [7, 11) is 0. The summed E-state index contributed by atoms with van der Waals surface area (Å²) >= 11 is 6.17. The van der Waals surface area contributed by atoms with E-state index >= 15 is 0 Å². The number of carbonyl (C=O) groups is 1. The Morgan fingerprint density at radius 2 is 1.77 bits per heavy atom. The van der Waals surface area contributed by atoms with E-state index in [-0.39, 0.29) is 24.2 Å². The molecule has 0 unspecified atom stereocenters. The highest BCUT2D eigenvalue weighted by Crippen LogP contribution is 2.26. The molecule has 6 heteroatoms. The molecule has 0 spiro atoms. The first-order valence-electron chi connectivity index (χ1n) is 9.54. The molecule has 1 aromatic carbocycles. The molecule has 0 radical (unpaired) electrons. The van der Waals surface area contributed by atoms with Gasteiger partial charge in [0.1, 0.15) is 0 Å². The van der Waals surface area contributed by atoms with E-state index in [9.17, 15) is 4.79 Å². The predicted molar refractivity (Wildman–Crippen MR) is 106 cm³/mol. The standard InChI is InChI=1S/C20H30ClN3O2/c1-14-5-6-18(21)11-19(14)23-9-7-22(8-10-23)17(4)20(25)24-12-15(2)26-16(3)13-24/h5-6,11,15-17H,7-10,12-13H2,1-4H3/t15-,16+,17-/m1/s1. The molecule has 0 aromatic heterocycles. The zero-order valence-corrected chi connectivity index (χ0v) is 17.0. The summed E-state index contributed by atoms with van der Waals surface area (Å²) < 4.78 is 5.75. The number of benzene rings is 1. The van der Waals surface area contributed by atoms with Crippen LogP contribution < -0.4 is 4.90 Å². The second kappa shape index (κ2) is 8.15. The Balaban J connectivity index is 1.58. The van der Waals surface area contributed by atoms with E-state index in [4.69, 9.17) is 16.3 Å². The Hall–Kier alpha value is -1.30. The van der Waals surface area contributed by atoms with Crippen LogP contribution in [-0.2, 0) is 9.53 Å². The third-order valence-corrected chi connectivity index (χ3v) is 5.70. The molecule has 3 rings (SSSR count). The third-order valence-electron chi connectivity index (χ3n) is 5.46. The molecule has 1 amide bonds. The zero-order valence-electron chi connectivity index (χ0n) is 16.2. The van der Waals surface area contributed by atoms with Crippen molar-refractivity contribution in [2.24, 2.45) is 0 Å². The summed E-state index contributed by atoms with van der Waals surface area (Å²) in [6.45, 7) is 13.2. The molecule has 3 atom stereocenters. The average molecular weight is 380 g/mol. The lowest BCUT2D eigenvalue weighted by atomic mass is 10.1.